The largest absolute Gasteiger partial charge is 0.371 e. The Bertz CT molecular complexity index is 1080. The topological polar surface area (TPSA) is 83.6 Å². The van der Waals surface area contributed by atoms with Crippen LogP contribution in [0.1, 0.15) is 32.2 Å². The van der Waals surface area contributed by atoms with Crippen LogP contribution in [0.15, 0.2) is 57.8 Å². The molecule has 1 aliphatic heterocycles. The van der Waals surface area contributed by atoms with E-state index in [1.54, 1.807) is 24.0 Å². The molecule has 156 valence electrons. The van der Waals surface area contributed by atoms with Crippen molar-refractivity contribution >= 4 is 28.9 Å². The Morgan fingerprint density at radius 2 is 2.17 bits per heavy atom. The van der Waals surface area contributed by atoms with E-state index in [0.717, 1.165) is 5.57 Å². The molecule has 2 heterocycles. The number of benzene rings is 1. The number of halogens is 1. The fourth-order valence-electron chi connectivity index (χ4n) is 3.16. The van der Waals surface area contributed by atoms with Crippen LogP contribution in [0.4, 0.5) is 0 Å². The van der Waals surface area contributed by atoms with E-state index in [2.05, 4.69) is 27.0 Å². The van der Waals surface area contributed by atoms with Gasteiger partial charge in [0.15, 0.2) is 0 Å². The second kappa shape index (κ2) is 9.09. The number of hydrogen-bond donors (Lipinski definition) is 1. The average Bonchev–Trinajstić information content (AvgIpc) is 3.15. The molecule has 30 heavy (non-hydrogen) atoms. The van der Waals surface area contributed by atoms with Crippen molar-refractivity contribution in [2.75, 3.05) is 13.1 Å². The van der Waals surface area contributed by atoms with Gasteiger partial charge in [-0.3, -0.25) is 9.69 Å². The molecule has 0 saturated carbocycles. The minimum absolute atomic E-state index is 0.170. The van der Waals surface area contributed by atoms with Gasteiger partial charge >= 0.3 is 0 Å². The third-order valence-corrected chi connectivity index (χ3v) is 4.90. The first-order valence-corrected chi connectivity index (χ1v) is 10.1. The number of rotatable bonds is 6. The second-order valence-electron chi connectivity index (χ2n) is 6.60. The highest BCUT2D eigenvalue weighted by Gasteiger charge is 2.30. The lowest BCUT2D eigenvalue weighted by molar-refractivity contribution is -0.121. The lowest BCUT2D eigenvalue weighted by atomic mass is 9.95. The van der Waals surface area contributed by atoms with Gasteiger partial charge in [-0.25, -0.2) is 4.99 Å². The van der Waals surface area contributed by atoms with Crippen molar-refractivity contribution in [3.8, 4) is 11.4 Å². The Morgan fingerprint density at radius 1 is 1.40 bits per heavy atom. The zero-order chi connectivity index (χ0) is 21.8. The molecule has 0 spiro atoms. The maximum absolute atomic E-state index is 13.3. The van der Waals surface area contributed by atoms with Crippen LogP contribution in [0.25, 0.3) is 17.0 Å². The molecule has 0 atom stereocenters. The van der Waals surface area contributed by atoms with E-state index in [0.29, 0.717) is 58.2 Å². The number of aryl methyl sites for hydroxylation is 1. The highest BCUT2D eigenvalue weighted by atomic mass is 35.5. The molecule has 1 amide bonds. The van der Waals surface area contributed by atoms with Crippen LogP contribution in [-0.2, 0) is 4.79 Å². The monoisotopic (exact) mass is 425 g/mol. The number of aliphatic imine (C=N–C) groups is 1. The Labute approximate surface area is 180 Å². The molecule has 0 bridgehead atoms. The number of amides is 1. The maximum atomic E-state index is 13.3. The van der Waals surface area contributed by atoms with E-state index in [1.807, 2.05) is 39.0 Å². The molecule has 0 radical (unpaired) electrons. The molecule has 2 aromatic rings. The van der Waals surface area contributed by atoms with Crippen molar-refractivity contribution < 1.29 is 9.32 Å². The third-order valence-electron chi connectivity index (χ3n) is 4.58. The summed E-state index contributed by atoms with van der Waals surface area (Å²) in [6.45, 7) is 12.6. The summed E-state index contributed by atoms with van der Waals surface area (Å²) in [6.07, 6.45) is 3.73. The number of allylic oxidation sites excluding steroid dienone is 1. The predicted molar refractivity (Wildman–Crippen MR) is 119 cm³/mol. The van der Waals surface area contributed by atoms with Gasteiger partial charge in [0.2, 0.25) is 11.7 Å². The Morgan fingerprint density at radius 3 is 2.73 bits per heavy atom. The summed E-state index contributed by atoms with van der Waals surface area (Å²) in [7, 11) is 0. The van der Waals surface area contributed by atoms with E-state index in [1.165, 1.54) is 0 Å². The third kappa shape index (κ3) is 4.21. The van der Waals surface area contributed by atoms with Gasteiger partial charge in [0.1, 0.15) is 11.7 Å². The summed E-state index contributed by atoms with van der Waals surface area (Å²) >= 11 is 6.56. The van der Waals surface area contributed by atoms with Gasteiger partial charge in [-0.05, 0) is 32.9 Å². The number of amidine groups is 1. The van der Waals surface area contributed by atoms with Gasteiger partial charge < -0.3 is 9.84 Å². The van der Waals surface area contributed by atoms with Crippen LogP contribution in [-0.4, -0.2) is 39.9 Å². The molecular formula is C22H24ClN5O2. The summed E-state index contributed by atoms with van der Waals surface area (Å²) < 4.78 is 5.03. The lowest BCUT2D eigenvalue weighted by Gasteiger charge is -2.29. The Kier molecular flexibility index (Phi) is 6.52. The number of nitrogens with zero attached hydrogens (tertiary/aromatic N) is 4. The Balaban J connectivity index is 2.05. The van der Waals surface area contributed by atoms with E-state index in [9.17, 15) is 4.79 Å². The van der Waals surface area contributed by atoms with Crippen LogP contribution >= 0.6 is 11.6 Å². The fraction of sp³-hybridized carbons (Fsp3) is 0.273. The molecule has 7 nitrogen and oxygen atoms in total. The summed E-state index contributed by atoms with van der Waals surface area (Å²) in [6, 6.07) is 5.35. The van der Waals surface area contributed by atoms with Gasteiger partial charge in [-0.1, -0.05) is 41.5 Å². The zero-order valence-corrected chi connectivity index (χ0v) is 18.2. The molecule has 0 saturated heterocycles. The Hall–Kier alpha value is -3.19. The number of hydrogen-bond acceptors (Lipinski definition) is 6. The lowest BCUT2D eigenvalue weighted by Crippen LogP contribution is -2.41. The van der Waals surface area contributed by atoms with E-state index in [4.69, 9.17) is 16.1 Å². The molecule has 0 aliphatic carbocycles. The first kappa shape index (κ1) is 21.5. The van der Waals surface area contributed by atoms with Crippen molar-refractivity contribution in [3.63, 3.8) is 0 Å². The summed E-state index contributed by atoms with van der Waals surface area (Å²) in [5, 5.41) is 7.41. The average molecular weight is 426 g/mol. The summed E-state index contributed by atoms with van der Waals surface area (Å²) in [5.41, 5.74) is 2.67. The number of carbonyl (C=O) groups is 1. The highest BCUT2D eigenvalue weighted by Crippen LogP contribution is 2.33. The van der Waals surface area contributed by atoms with Crippen LogP contribution < -0.4 is 5.32 Å². The van der Waals surface area contributed by atoms with Crippen molar-refractivity contribution in [1.82, 2.24) is 20.4 Å². The molecule has 1 aromatic heterocycles. The zero-order valence-electron chi connectivity index (χ0n) is 17.5. The predicted octanol–water partition coefficient (Wildman–Crippen LogP) is 4.37. The smallest absolute Gasteiger partial charge is 0.260 e. The van der Waals surface area contributed by atoms with Crippen molar-refractivity contribution in [2.45, 2.75) is 27.7 Å². The van der Waals surface area contributed by atoms with Crippen LogP contribution in [0.5, 0.6) is 0 Å². The molecule has 1 N–H and O–H groups in total. The number of likely N-dealkylation sites (N-methyl/N-ethyl adjacent to an activating group) is 1. The molecule has 1 aromatic carbocycles. The number of carbonyl (C=O) groups excluding carboxylic acids is 1. The maximum Gasteiger partial charge on any atom is 0.260 e. The molecule has 0 fully saturated rings. The normalized spacial score (nSPS) is 16.9. The second-order valence-corrected chi connectivity index (χ2v) is 7.00. The van der Waals surface area contributed by atoms with Crippen molar-refractivity contribution in [3.05, 3.63) is 64.8 Å². The first-order chi connectivity index (χ1) is 14.4. The molecule has 0 unspecified atom stereocenters. The fourth-order valence-corrected chi connectivity index (χ4v) is 3.45. The van der Waals surface area contributed by atoms with E-state index >= 15 is 0 Å². The minimum atomic E-state index is -0.170. The molecular weight excluding hydrogens is 402 g/mol. The highest BCUT2D eigenvalue weighted by molar-refractivity contribution is 6.37. The van der Waals surface area contributed by atoms with Crippen LogP contribution in [0.3, 0.4) is 0 Å². The van der Waals surface area contributed by atoms with Gasteiger partial charge in [0.25, 0.3) is 5.91 Å². The molecule has 3 rings (SSSR count). The van der Waals surface area contributed by atoms with E-state index in [-0.39, 0.29) is 5.91 Å². The molecule has 8 heteroatoms. The van der Waals surface area contributed by atoms with E-state index < -0.39 is 0 Å². The summed E-state index contributed by atoms with van der Waals surface area (Å²) in [5.74, 6) is 1.82. The van der Waals surface area contributed by atoms with Crippen LogP contribution in [0, 0.1) is 6.92 Å². The van der Waals surface area contributed by atoms with Crippen molar-refractivity contribution in [2.24, 2.45) is 4.99 Å². The van der Waals surface area contributed by atoms with Crippen molar-refractivity contribution in [1.29, 1.82) is 0 Å². The van der Waals surface area contributed by atoms with Gasteiger partial charge in [-0.2, -0.15) is 4.98 Å². The SMILES string of the molecule is C=C(/N=C1\C(=C/C)C=C(c2ccc(-c3noc(C)n3)cc2Cl)C(=O)N1CC)NCC. The van der Waals surface area contributed by atoms with Gasteiger partial charge in [0, 0.05) is 47.3 Å². The van der Waals surface area contributed by atoms with Gasteiger partial charge in [0.05, 0.1) is 0 Å². The molecule has 1 aliphatic rings. The minimum Gasteiger partial charge on any atom is -0.371 e. The standard InChI is InChI=1S/C22H24ClN5O2/c1-6-15-11-18(22(29)28(8-3)21(15)25-13(4)24-7-2)17-10-9-16(12-19(17)23)20-26-14(5)30-27-20/h6,9-12,24H,4,7-8H2,1-3,5H3/b15-6-,25-21+. The number of nitrogens with one attached hydrogen (secondary N) is 1. The number of aromatic nitrogens is 2. The first-order valence-electron chi connectivity index (χ1n) is 9.71. The quantitative estimate of drug-likeness (QED) is 0.742. The van der Waals surface area contributed by atoms with Gasteiger partial charge in [-0.15, -0.1) is 0 Å². The van der Waals surface area contributed by atoms with Crippen LogP contribution in [0.2, 0.25) is 5.02 Å². The summed E-state index contributed by atoms with van der Waals surface area (Å²) in [4.78, 5) is 23.7.